The minimum Gasteiger partial charge on any atom is -0.466 e. The number of halogens is 1. The summed E-state index contributed by atoms with van der Waals surface area (Å²) in [4.78, 5) is 25.9. The highest BCUT2D eigenvalue weighted by Gasteiger charge is 2.39. The number of nitrogens with one attached hydrogen (secondary N) is 2. The number of carbonyl (C=O) groups excluding carboxylic acids is 2. The maximum Gasteiger partial charge on any atom is 0.336 e. The predicted octanol–water partition coefficient (Wildman–Crippen LogP) is -0.667. The maximum atomic E-state index is 13.2. The van der Waals surface area contributed by atoms with Gasteiger partial charge in [-0.3, -0.25) is 0 Å². The molecule has 1 aromatic carbocycles. The van der Waals surface area contributed by atoms with Crippen LogP contribution in [0.4, 0.5) is 0 Å². The molecule has 5 atom stereocenters. The minimum absolute atomic E-state index is 0.0604. The van der Waals surface area contributed by atoms with Crippen molar-refractivity contribution < 1.29 is 49.3 Å². The zero-order chi connectivity index (χ0) is 29.1. The molecule has 0 aromatic heterocycles. The van der Waals surface area contributed by atoms with E-state index in [-0.39, 0.29) is 44.1 Å². The summed E-state index contributed by atoms with van der Waals surface area (Å²) in [7, 11) is 1.25. The fraction of sp³-hybridized carbons (Fsp3) is 0.538. The van der Waals surface area contributed by atoms with Gasteiger partial charge in [-0.1, -0.05) is 29.8 Å². The molecule has 1 aliphatic heterocycles. The van der Waals surface area contributed by atoms with E-state index in [1.807, 2.05) is 0 Å². The second-order valence-electron chi connectivity index (χ2n) is 8.78. The molecule has 0 bridgehead atoms. The molecule has 0 amide bonds. The smallest absolute Gasteiger partial charge is 0.336 e. The number of aliphatic hydroxyl groups excluding tert-OH is 5. The molecule has 2 rings (SSSR count). The maximum absolute atomic E-state index is 13.2. The molecule has 1 aromatic rings. The SMILES string of the molecule is CCOC(=O)C1=C(COCCNC[C@@H](O)[C@@H](O)[C@H](O)[C@H](O)CO)NC(C)=C(C(=O)OC)C1c1ccccc1Cl. The summed E-state index contributed by atoms with van der Waals surface area (Å²) >= 11 is 6.48. The lowest BCUT2D eigenvalue weighted by molar-refractivity contribution is -0.139. The number of rotatable bonds is 15. The molecule has 0 radical (unpaired) electrons. The van der Waals surface area contributed by atoms with E-state index in [9.17, 15) is 30.0 Å². The van der Waals surface area contributed by atoms with Crippen LogP contribution in [-0.2, 0) is 23.8 Å². The predicted molar refractivity (Wildman–Crippen MR) is 141 cm³/mol. The number of aliphatic hydroxyl groups is 5. The zero-order valence-corrected chi connectivity index (χ0v) is 22.8. The number of esters is 2. The molecule has 39 heavy (non-hydrogen) atoms. The highest BCUT2D eigenvalue weighted by atomic mass is 35.5. The third kappa shape index (κ3) is 8.47. The standard InChI is InChI=1S/C26H37ClN2O10/c1-4-39-26(36)22-17(13-38-10-9-28-11-18(31)23(33)24(34)19(32)12-30)29-14(2)20(25(35)37-3)21(22)15-7-5-6-8-16(15)27/h5-8,18-19,21,23-24,28-34H,4,9-13H2,1-3H3/t18-,19-,21?,23-,24-/m1/s1. The summed E-state index contributed by atoms with van der Waals surface area (Å²) in [6.45, 7) is 2.83. The van der Waals surface area contributed by atoms with Crippen LogP contribution >= 0.6 is 11.6 Å². The first-order chi connectivity index (χ1) is 18.6. The monoisotopic (exact) mass is 572 g/mol. The van der Waals surface area contributed by atoms with Crippen LogP contribution in [0.3, 0.4) is 0 Å². The second-order valence-corrected chi connectivity index (χ2v) is 9.18. The quantitative estimate of drug-likeness (QED) is 0.104. The van der Waals surface area contributed by atoms with E-state index in [1.54, 1.807) is 38.1 Å². The number of benzene rings is 1. The van der Waals surface area contributed by atoms with Gasteiger partial charge >= 0.3 is 11.9 Å². The van der Waals surface area contributed by atoms with Crippen LogP contribution < -0.4 is 10.6 Å². The van der Waals surface area contributed by atoms with Crippen LogP contribution in [0.2, 0.25) is 5.02 Å². The van der Waals surface area contributed by atoms with Crippen LogP contribution in [0.25, 0.3) is 0 Å². The van der Waals surface area contributed by atoms with Gasteiger partial charge in [0.2, 0.25) is 0 Å². The molecule has 0 spiro atoms. The molecular formula is C26H37ClN2O10. The van der Waals surface area contributed by atoms with Gasteiger partial charge in [-0.05, 0) is 25.5 Å². The Bertz CT molecular complexity index is 1050. The summed E-state index contributed by atoms with van der Waals surface area (Å²) in [5, 5.41) is 54.1. The van der Waals surface area contributed by atoms with Crippen molar-refractivity contribution in [3.8, 4) is 0 Å². The van der Waals surface area contributed by atoms with Crippen LogP contribution in [-0.4, -0.2) is 109 Å². The summed E-state index contributed by atoms with van der Waals surface area (Å²) in [5.74, 6) is -2.16. The van der Waals surface area contributed by atoms with Gasteiger partial charge in [-0.15, -0.1) is 0 Å². The van der Waals surface area contributed by atoms with E-state index < -0.39 is 48.9 Å². The Morgan fingerprint density at radius 3 is 2.36 bits per heavy atom. The fourth-order valence-corrected chi connectivity index (χ4v) is 4.36. The van der Waals surface area contributed by atoms with Crippen LogP contribution in [0.1, 0.15) is 25.3 Å². The van der Waals surface area contributed by atoms with Gasteiger partial charge in [0.05, 0.1) is 62.4 Å². The van der Waals surface area contributed by atoms with Gasteiger partial charge in [0.15, 0.2) is 0 Å². The van der Waals surface area contributed by atoms with Gasteiger partial charge in [-0.25, -0.2) is 9.59 Å². The number of dihydropyridines is 1. The summed E-state index contributed by atoms with van der Waals surface area (Å²) in [6, 6.07) is 6.85. The molecular weight excluding hydrogens is 536 g/mol. The van der Waals surface area contributed by atoms with E-state index in [2.05, 4.69) is 10.6 Å². The lowest BCUT2D eigenvalue weighted by Crippen LogP contribution is -2.49. The average Bonchev–Trinajstić information content (AvgIpc) is 2.92. The van der Waals surface area contributed by atoms with E-state index in [4.69, 9.17) is 30.9 Å². The topological polar surface area (TPSA) is 187 Å². The highest BCUT2D eigenvalue weighted by Crippen LogP contribution is 2.41. The van der Waals surface area contributed by atoms with Crippen LogP contribution in [0.15, 0.2) is 46.8 Å². The van der Waals surface area contributed by atoms with E-state index in [0.29, 0.717) is 22.0 Å². The lowest BCUT2D eigenvalue weighted by Gasteiger charge is -2.31. The third-order valence-electron chi connectivity index (χ3n) is 6.11. The molecule has 1 unspecified atom stereocenters. The molecule has 12 nitrogen and oxygen atoms in total. The molecule has 1 aliphatic rings. The molecule has 7 N–H and O–H groups in total. The van der Waals surface area contributed by atoms with Crippen molar-refractivity contribution in [3.05, 3.63) is 57.4 Å². The Morgan fingerprint density at radius 2 is 1.74 bits per heavy atom. The van der Waals surface area contributed by atoms with Crippen molar-refractivity contribution in [2.45, 2.75) is 44.2 Å². The van der Waals surface area contributed by atoms with E-state index >= 15 is 0 Å². The molecule has 1 heterocycles. The first-order valence-corrected chi connectivity index (χ1v) is 12.8. The van der Waals surface area contributed by atoms with Crippen molar-refractivity contribution in [2.75, 3.05) is 46.6 Å². The minimum atomic E-state index is -1.72. The second kappa shape index (κ2) is 15.9. The third-order valence-corrected chi connectivity index (χ3v) is 6.45. The van der Waals surface area contributed by atoms with E-state index in [0.717, 1.165) is 0 Å². The summed E-state index contributed by atoms with van der Waals surface area (Å²) < 4.78 is 16.0. The number of ether oxygens (including phenoxy) is 3. The van der Waals surface area contributed by atoms with Gasteiger partial charge < -0.3 is 50.4 Å². The molecule has 0 aliphatic carbocycles. The Kier molecular flexibility index (Phi) is 13.3. The normalized spacial score (nSPS) is 18.7. The van der Waals surface area contributed by atoms with Crippen molar-refractivity contribution in [1.82, 2.24) is 10.6 Å². The number of hydrogen-bond acceptors (Lipinski definition) is 12. The van der Waals surface area contributed by atoms with Crippen molar-refractivity contribution >= 4 is 23.5 Å². The van der Waals surface area contributed by atoms with Gasteiger partial charge in [0.1, 0.15) is 18.3 Å². The Balaban J connectivity index is 2.17. The summed E-state index contributed by atoms with van der Waals surface area (Å²) in [5.41, 5.74) is 1.71. The van der Waals surface area contributed by atoms with Crippen molar-refractivity contribution in [2.24, 2.45) is 0 Å². The summed E-state index contributed by atoms with van der Waals surface area (Å²) in [6.07, 6.45) is -6.40. The van der Waals surface area contributed by atoms with E-state index in [1.165, 1.54) is 7.11 Å². The Hall–Kier alpha value is -2.55. The lowest BCUT2D eigenvalue weighted by atomic mass is 9.80. The molecule has 0 saturated heterocycles. The molecule has 13 heteroatoms. The van der Waals surface area contributed by atoms with Crippen LogP contribution in [0.5, 0.6) is 0 Å². The van der Waals surface area contributed by atoms with Gasteiger partial charge in [-0.2, -0.15) is 0 Å². The zero-order valence-electron chi connectivity index (χ0n) is 22.1. The van der Waals surface area contributed by atoms with Crippen LogP contribution in [0, 0.1) is 0 Å². The molecule has 0 saturated carbocycles. The first-order valence-electron chi connectivity index (χ1n) is 12.4. The number of hydrogen-bond donors (Lipinski definition) is 7. The average molecular weight is 573 g/mol. The Labute approximate surface area is 231 Å². The van der Waals surface area contributed by atoms with Gasteiger partial charge in [0.25, 0.3) is 0 Å². The molecule has 0 fully saturated rings. The highest BCUT2D eigenvalue weighted by molar-refractivity contribution is 6.31. The number of carbonyl (C=O) groups is 2. The largest absolute Gasteiger partial charge is 0.466 e. The van der Waals surface area contributed by atoms with Crippen molar-refractivity contribution in [3.63, 3.8) is 0 Å². The Morgan fingerprint density at radius 1 is 1.08 bits per heavy atom. The fourth-order valence-electron chi connectivity index (χ4n) is 4.11. The first kappa shape index (κ1) is 32.7. The number of allylic oxidation sites excluding steroid dienone is 1. The van der Waals surface area contributed by atoms with Crippen molar-refractivity contribution in [1.29, 1.82) is 0 Å². The number of methoxy groups -OCH3 is 1. The van der Waals surface area contributed by atoms with Gasteiger partial charge in [0, 0.05) is 23.8 Å². The molecule has 218 valence electrons.